The van der Waals surface area contributed by atoms with E-state index in [0.717, 1.165) is 12.8 Å². The third kappa shape index (κ3) is 5.18. The van der Waals surface area contributed by atoms with Crippen LogP contribution in [0.25, 0.3) is 0 Å². The first-order chi connectivity index (χ1) is 9.86. The number of hydrogen-bond acceptors (Lipinski definition) is 3. The van der Waals surface area contributed by atoms with Crippen LogP contribution in [0.2, 0.25) is 0 Å². The highest BCUT2D eigenvalue weighted by Crippen LogP contribution is 2.31. The molecule has 5 nitrogen and oxygen atoms in total. The van der Waals surface area contributed by atoms with Crippen molar-refractivity contribution in [3.05, 3.63) is 0 Å². The molecule has 21 heavy (non-hydrogen) atoms. The Balaban J connectivity index is 1.61. The summed E-state index contributed by atoms with van der Waals surface area (Å²) in [4.78, 5) is 23.2. The molecule has 8 heteroatoms. The molecule has 1 heterocycles. The topological polar surface area (TPSA) is 70.2 Å². The summed E-state index contributed by atoms with van der Waals surface area (Å²) in [6, 6.07) is -0.317. The smallest absolute Gasteiger partial charge is 0.354 e. The lowest BCUT2D eigenvalue weighted by Crippen LogP contribution is -2.51. The monoisotopic (exact) mass is 307 g/mol. The van der Waals surface area contributed by atoms with Crippen LogP contribution >= 0.6 is 0 Å². The van der Waals surface area contributed by atoms with E-state index in [1.54, 1.807) is 0 Å². The highest BCUT2D eigenvalue weighted by molar-refractivity contribution is 5.83. The molecule has 0 spiro atoms. The van der Waals surface area contributed by atoms with Crippen LogP contribution in [0.1, 0.15) is 32.1 Å². The Morgan fingerprint density at radius 1 is 1.14 bits per heavy atom. The zero-order chi connectivity index (χ0) is 15.5. The fraction of sp³-hybridized carbons (Fsp3) is 0.846. The second kappa shape index (κ2) is 6.64. The van der Waals surface area contributed by atoms with Crippen molar-refractivity contribution in [2.45, 2.75) is 50.4 Å². The molecule has 1 aliphatic carbocycles. The Bertz CT molecular complexity index is 389. The quantitative estimate of drug-likeness (QED) is 0.700. The number of carbonyl (C=O) groups is 2. The van der Waals surface area contributed by atoms with E-state index >= 15 is 0 Å². The number of alkyl halides is 3. The van der Waals surface area contributed by atoms with E-state index in [1.165, 1.54) is 0 Å². The van der Waals surface area contributed by atoms with E-state index in [0.29, 0.717) is 0 Å². The van der Waals surface area contributed by atoms with Crippen molar-refractivity contribution in [3.8, 4) is 0 Å². The molecule has 0 bridgehead atoms. The predicted molar refractivity (Wildman–Crippen MR) is 69.4 cm³/mol. The van der Waals surface area contributed by atoms with Gasteiger partial charge in [0.25, 0.3) is 0 Å². The minimum Gasteiger partial charge on any atom is -0.354 e. The SMILES string of the molecule is O=C(CCNC(=O)C1CCC(C(F)(F)F)CN1)NC1CC1. The van der Waals surface area contributed by atoms with E-state index in [1.807, 2.05) is 0 Å². The molecule has 0 aromatic rings. The molecule has 2 atom stereocenters. The molecular formula is C13H20F3N3O2. The molecule has 1 aliphatic heterocycles. The van der Waals surface area contributed by atoms with Crippen LogP contribution in [0.4, 0.5) is 13.2 Å². The largest absolute Gasteiger partial charge is 0.393 e. The molecule has 2 amide bonds. The Labute approximate surface area is 121 Å². The maximum Gasteiger partial charge on any atom is 0.393 e. The van der Waals surface area contributed by atoms with E-state index in [2.05, 4.69) is 16.0 Å². The fourth-order valence-corrected chi connectivity index (χ4v) is 2.31. The van der Waals surface area contributed by atoms with Gasteiger partial charge in [-0.05, 0) is 25.7 Å². The van der Waals surface area contributed by atoms with Crippen molar-refractivity contribution in [2.75, 3.05) is 13.1 Å². The third-order valence-electron chi connectivity index (χ3n) is 3.79. The number of halogens is 3. The molecule has 1 saturated heterocycles. The second-order valence-electron chi connectivity index (χ2n) is 5.66. The van der Waals surface area contributed by atoms with Crippen molar-refractivity contribution < 1.29 is 22.8 Å². The highest BCUT2D eigenvalue weighted by Gasteiger charge is 2.42. The molecule has 3 N–H and O–H groups in total. The lowest BCUT2D eigenvalue weighted by Gasteiger charge is -2.30. The molecule has 0 aromatic carbocycles. The van der Waals surface area contributed by atoms with Crippen LogP contribution in [0.5, 0.6) is 0 Å². The van der Waals surface area contributed by atoms with Crippen molar-refractivity contribution in [1.29, 1.82) is 0 Å². The third-order valence-corrected chi connectivity index (χ3v) is 3.79. The molecule has 2 rings (SSSR count). The summed E-state index contributed by atoms with van der Waals surface area (Å²) < 4.78 is 37.5. The lowest BCUT2D eigenvalue weighted by molar-refractivity contribution is -0.180. The Kier molecular flexibility index (Phi) is 5.08. The van der Waals surface area contributed by atoms with Gasteiger partial charge >= 0.3 is 6.18 Å². The average molecular weight is 307 g/mol. The highest BCUT2D eigenvalue weighted by atomic mass is 19.4. The van der Waals surface area contributed by atoms with Gasteiger partial charge in [-0.1, -0.05) is 0 Å². The number of rotatable bonds is 5. The molecule has 0 radical (unpaired) electrons. The van der Waals surface area contributed by atoms with Gasteiger partial charge in [0.1, 0.15) is 0 Å². The summed E-state index contributed by atoms with van der Waals surface area (Å²) in [7, 11) is 0. The first kappa shape index (κ1) is 16.1. The number of hydrogen-bond donors (Lipinski definition) is 3. The van der Waals surface area contributed by atoms with E-state index in [9.17, 15) is 22.8 Å². The van der Waals surface area contributed by atoms with Crippen LogP contribution in [-0.2, 0) is 9.59 Å². The van der Waals surface area contributed by atoms with Crippen LogP contribution in [-0.4, -0.2) is 43.2 Å². The summed E-state index contributed by atoms with van der Waals surface area (Å²) in [5.74, 6) is -1.83. The fourth-order valence-electron chi connectivity index (χ4n) is 2.31. The van der Waals surface area contributed by atoms with Gasteiger partial charge in [0.2, 0.25) is 11.8 Å². The Morgan fingerprint density at radius 2 is 1.86 bits per heavy atom. The minimum atomic E-state index is -4.21. The number of piperidine rings is 1. The second-order valence-corrected chi connectivity index (χ2v) is 5.66. The molecule has 2 aliphatic rings. The van der Waals surface area contributed by atoms with E-state index < -0.39 is 18.1 Å². The van der Waals surface area contributed by atoms with Gasteiger partial charge in [-0.2, -0.15) is 13.2 Å². The Hall–Kier alpha value is -1.31. The summed E-state index contributed by atoms with van der Waals surface area (Å²) in [6.45, 7) is -0.0258. The van der Waals surface area contributed by atoms with Crippen LogP contribution < -0.4 is 16.0 Å². The molecule has 2 fully saturated rings. The average Bonchev–Trinajstić information content (AvgIpc) is 3.21. The standard InChI is InChI=1S/C13H20F3N3O2/c14-13(15,16)8-1-4-10(18-7-8)12(21)17-6-5-11(20)19-9-2-3-9/h8-10,18H,1-7H2,(H,17,21)(H,19,20). The normalized spacial score (nSPS) is 26.2. The van der Waals surface area contributed by atoms with Gasteiger partial charge in [-0.3, -0.25) is 9.59 Å². The summed E-state index contributed by atoms with van der Waals surface area (Å²) >= 11 is 0. The predicted octanol–water partition coefficient (Wildman–Crippen LogP) is 0.702. The van der Waals surface area contributed by atoms with Gasteiger partial charge in [0.15, 0.2) is 0 Å². The van der Waals surface area contributed by atoms with Crippen LogP contribution in [0.3, 0.4) is 0 Å². The number of nitrogens with one attached hydrogen (secondary N) is 3. The zero-order valence-corrected chi connectivity index (χ0v) is 11.6. The molecule has 2 unspecified atom stereocenters. The van der Waals surface area contributed by atoms with Crippen LogP contribution in [0.15, 0.2) is 0 Å². The maximum absolute atomic E-state index is 12.5. The van der Waals surface area contributed by atoms with Crippen molar-refractivity contribution >= 4 is 11.8 Å². The first-order valence-electron chi connectivity index (χ1n) is 7.23. The molecule has 120 valence electrons. The van der Waals surface area contributed by atoms with Gasteiger partial charge in [0, 0.05) is 25.6 Å². The maximum atomic E-state index is 12.5. The summed E-state index contributed by atoms with van der Waals surface area (Å²) in [5.41, 5.74) is 0. The number of carbonyl (C=O) groups excluding carboxylic acids is 2. The van der Waals surface area contributed by atoms with E-state index in [-0.39, 0.29) is 50.2 Å². The van der Waals surface area contributed by atoms with Gasteiger partial charge in [-0.15, -0.1) is 0 Å². The van der Waals surface area contributed by atoms with Gasteiger partial charge in [0.05, 0.1) is 12.0 Å². The lowest BCUT2D eigenvalue weighted by atomic mass is 9.94. The van der Waals surface area contributed by atoms with Crippen LogP contribution in [0, 0.1) is 5.92 Å². The van der Waals surface area contributed by atoms with Gasteiger partial charge < -0.3 is 16.0 Å². The minimum absolute atomic E-state index is 0.0449. The molecule has 1 saturated carbocycles. The van der Waals surface area contributed by atoms with Crippen molar-refractivity contribution in [2.24, 2.45) is 5.92 Å². The van der Waals surface area contributed by atoms with Crippen molar-refractivity contribution in [3.63, 3.8) is 0 Å². The summed E-state index contributed by atoms with van der Waals surface area (Å²) in [5, 5.41) is 8.01. The van der Waals surface area contributed by atoms with Gasteiger partial charge in [-0.25, -0.2) is 0 Å². The Morgan fingerprint density at radius 3 is 2.38 bits per heavy atom. The number of amides is 2. The van der Waals surface area contributed by atoms with E-state index in [4.69, 9.17) is 0 Å². The molecular weight excluding hydrogens is 287 g/mol. The zero-order valence-electron chi connectivity index (χ0n) is 11.6. The first-order valence-corrected chi connectivity index (χ1v) is 7.23. The van der Waals surface area contributed by atoms with Crippen molar-refractivity contribution in [1.82, 2.24) is 16.0 Å². The summed E-state index contributed by atoms with van der Waals surface area (Å²) in [6.07, 6.45) is -1.90. The molecule has 0 aromatic heterocycles.